The summed E-state index contributed by atoms with van der Waals surface area (Å²) in [4.78, 5) is 11.1. The van der Waals surface area contributed by atoms with Crippen molar-refractivity contribution in [1.29, 1.82) is 0 Å². The molecule has 1 unspecified atom stereocenters. The molecule has 0 saturated heterocycles. The van der Waals surface area contributed by atoms with Gasteiger partial charge in [-0.05, 0) is 25.0 Å². The molecule has 0 amide bonds. The summed E-state index contributed by atoms with van der Waals surface area (Å²) in [7, 11) is 1.54. The predicted molar refractivity (Wildman–Crippen MR) is 69.6 cm³/mol. The lowest BCUT2D eigenvalue weighted by atomic mass is 10.1. The Kier molecular flexibility index (Phi) is 5.78. The molecule has 1 rings (SSSR count). The number of hydrogen-bond acceptors (Lipinski definition) is 3. The highest BCUT2D eigenvalue weighted by atomic mass is 35.5. The molecule has 0 radical (unpaired) electrons. The Morgan fingerprint density at radius 3 is 2.72 bits per heavy atom. The van der Waals surface area contributed by atoms with Crippen LogP contribution in [-0.4, -0.2) is 24.3 Å². The highest BCUT2D eigenvalue weighted by Gasteiger charge is 2.19. The molecule has 0 aliphatic rings. The number of ether oxygens (including phenoxy) is 2. The molecule has 1 N–H and O–H groups in total. The van der Waals surface area contributed by atoms with E-state index in [4.69, 9.17) is 26.2 Å². The second-order valence-corrected chi connectivity index (χ2v) is 4.29. The molecule has 0 saturated carbocycles. The van der Waals surface area contributed by atoms with Gasteiger partial charge >= 0.3 is 5.97 Å². The van der Waals surface area contributed by atoms with Crippen LogP contribution in [0.25, 0.3) is 0 Å². The molecular formula is C13H17ClO4. The van der Waals surface area contributed by atoms with E-state index in [1.165, 1.54) is 7.11 Å². The van der Waals surface area contributed by atoms with Crippen molar-refractivity contribution in [3.05, 3.63) is 23.2 Å². The number of unbranched alkanes of at least 4 members (excludes halogenated alkanes) is 1. The number of hydrogen-bond donors (Lipinski definition) is 1. The minimum Gasteiger partial charge on any atom is -0.497 e. The summed E-state index contributed by atoms with van der Waals surface area (Å²) < 4.78 is 10.4. The Balaban J connectivity index is 2.77. The van der Waals surface area contributed by atoms with Gasteiger partial charge in [0.15, 0.2) is 6.10 Å². The zero-order valence-electron chi connectivity index (χ0n) is 10.5. The zero-order chi connectivity index (χ0) is 13.5. The van der Waals surface area contributed by atoms with E-state index in [0.717, 1.165) is 12.8 Å². The Morgan fingerprint density at radius 1 is 1.50 bits per heavy atom. The van der Waals surface area contributed by atoms with E-state index in [9.17, 15) is 4.79 Å². The van der Waals surface area contributed by atoms with Gasteiger partial charge in [0.2, 0.25) is 0 Å². The van der Waals surface area contributed by atoms with Crippen LogP contribution >= 0.6 is 11.6 Å². The van der Waals surface area contributed by atoms with Crippen LogP contribution in [0.2, 0.25) is 5.02 Å². The Bertz CT molecular complexity index is 406. The van der Waals surface area contributed by atoms with Crippen LogP contribution < -0.4 is 9.47 Å². The maximum Gasteiger partial charge on any atom is 0.344 e. The van der Waals surface area contributed by atoms with E-state index in [2.05, 4.69) is 0 Å². The Hall–Kier alpha value is -1.42. The fourth-order valence-electron chi connectivity index (χ4n) is 1.48. The summed E-state index contributed by atoms with van der Waals surface area (Å²) in [5.41, 5.74) is 0. The summed E-state index contributed by atoms with van der Waals surface area (Å²) in [6.07, 6.45) is 1.32. The minimum atomic E-state index is -0.977. The SMILES string of the molecule is CCCCC(Oc1ccc(OC)cc1Cl)C(=O)O. The summed E-state index contributed by atoms with van der Waals surface area (Å²) in [6, 6.07) is 4.89. The van der Waals surface area contributed by atoms with Crippen molar-refractivity contribution in [2.45, 2.75) is 32.3 Å². The maximum atomic E-state index is 11.1. The molecule has 1 aromatic rings. The number of halogens is 1. The normalized spacial score (nSPS) is 11.9. The molecule has 100 valence electrons. The van der Waals surface area contributed by atoms with E-state index in [1.807, 2.05) is 6.92 Å². The number of carboxylic acids is 1. The van der Waals surface area contributed by atoms with E-state index in [-0.39, 0.29) is 0 Å². The van der Waals surface area contributed by atoms with Crippen molar-refractivity contribution in [2.75, 3.05) is 7.11 Å². The average Bonchev–Trinajstić information content (AvgIpc) is 2.35. The summed E-state index contributed by atoms with van der Waals surface area (Å²) >= 11 is 5.99. The van der Waals surface area contributed by atoms with E-state index < -0.39 is 12.1 Å². The lowest BCUT2D eigenvalue weighted by Crippen LogP contribution is -2.26. The van der Waals surface area contributed by atoms with Crippen molar-refractivity contribution in [3.63, 3.8) is 0 Å². The molecule has 1 atom stereocenters. The van der Waals surface area contributed by atoms with Gasteiger partial charge in [-0.3, -0.25) is 0 Å². The van der Waals surface area contributed by atoms with Gasteiger partial charge in [-0.25, -0.2) is 4.79 Å². The van der Waals surface area contributed by atoms with Crippen molar-refractivity contribution >= 4 is 17.6 Å². The van der Waals surface area contributed by atoms with Gasteiger partial charge < -0.3 is 14.6 Å². The first-order chi connectivity index (χ1) is 8.58. The number of rotatable bonds is 7. The molecule has 0 aliphatic heterocycles. The quantitative estimate of drug-likeness (QED) is 0.827. The second-order valence-electron chi connectivity index (χ2n) is 3.88. The van der Waals surface area contributed by atoms with Gasteiger partial charge in [-0.15, -0.1) is 0 Å². The second kappa shape index (κ2) is 7.11. The molecule has 0 aromatic heterocycles. The van der Waals surface area contributed by atoms with Crippen molar-refractivity contribution in [3.8, 4) is 11.5 Å². The van der Waals surface area contributed by atoms with Crippen LogP contribution in [0, 0.1) is 0 Å². The van der Waals surface area contributed by atoms with Crippen LogP contribution in [0.4, 0.5) is 0 Å². The topological polar surface area (TPSA) is 55.8 Å². The number of benzene rings is 1. The largest absolute Gasteiger partial charge is 0.497 e. The lowest BCUT2D eigenvalue weighted by Gasteiger charge is -2.16. The van der Waals surface area contributed by atoms with Crippen molar-refractivity contribution in [2.24, 2.45) is 0 Å². The number of carboxylic acid groups (broad SMARTS) is 1. The third-order valence-electron chi connectivity index (χ3n) is 2.50. The lowest BCUT2D eigenvalue weighted by molar-refractivity contribution is -0.145. The van der Waals surface area contributed by atoms with E-state index in [1.54, 1.807) is 18.2 Å². The zero-order valence-corrected chi connectivity index (χ0v) is 11.2. The number of aliphatic carboxylic acids is 1. The van der Waals surface area contributed by atoms with Gasteiger partial charge in [-0.2, -0.15) is 0 Å². The fraction of sp³-hybridized carbons (Fsp3) is 0.462. The van der Waals surface area contributed by atoms with Crippen molar-refractivity contribution in [1.82, 2.24) is 0 Å². The molecule has 1 aromatic carbocycles. The maximum absolute atomic E-state index is 11.1. The smallest absolute Gasteiger partial charge is 0.344 e. The molecule has 5 heteroatoms. The standard InChI is InChI=1S/C13H17ClO4/c1-3-4-5-12(13(15)16)18-11-7-6-9(17-2)8-10(11)14/h6-8,12H,3-5H2,1-2H3,(H,15,16). The van der Waals surface area contributed by atoms with Crippen LogP contribution in [0.5, 0.6) is 11.5 Å². The molecule has 0 spiro atoms. The minimum absolute atomic E-state index is 0.345. The summed E-state index contributed by atoms with van der Waals surface area (Å²) in [5.74, 6) is -0.0101. The van der Waals surface area contributed by atoms with Gasteiger partial charge in [0, 0.05) is 6.07 Å². The van der Waals surface area contributed by atoms with E-state index >= 15 is 0 Å². The molecule has 0 heterocycles. The number of carbonyl (C=O) groups is 1. The molecule has 0 fully saturated rings. The third-order valence-corrected chi connectivity index (χ3v) is 2.80. The first-order valence-corrected chi connectivity index (χ1v) is 6.19. The Labute approximate surface area is 111 Å². The molecule has 18 heavy (non-hydrogen) atoms. The predicted octanol–water partition coefficient (Wildman–Crippen LogP) is 3.37. The Morgan fingerprint density at radius 2 is 2.22 bits per heavy atom. The van der Waals surface area contributed by atoms with Crippen LogP contribution in [-0.2, 0) is 4.79 Å². The molecule has 0 aliphatic carbocycles. The van der Waals surface area contributed by atoms with Crippen LogP contribution in [0.15, 0.2) is 18.2 Å². The first kappa shape index (κ1) is 14.6. The summed E-state index contributed by atoms with van der Waals surface area (Å²) in [6.45, 7) is 2.00. The average molecular weight is 273 g/mol. The number of methoxy groups -OCH3 is 1. The van der Waals surface area contributed by atoms with Gasteiger partial charge in [0.25, 0.3) is 0 Å². The first-order valence-electron chi connectivity index (χ1n) is 5.81. The fourth-order valence-corrected chi connectivity index (χ4v) is 1.69. The van der Waals surface area contributed by atoms with Crippen LogP contribution in [0.1, 0.15) is 26.2 Å². The molecule has 4 nitrogen and oxygen atoms in total. The highest BCUT2D eigenvalue weighted by Crippen LogP contribution is 2.30. The van der Waals surface area contributed by atoms with Gasteiger partial charge in [0.05, 0.1) is 12.1 Å². The van der Waals surface area contributed by atoms with Gasteiger partial charge in [0.1, 0.15) is 11.5 Å². The van der Waals surface area contributed by atoms with Crippen molar-refractivity contribution < 1.29 is 19.4 Å². The monoisotopic (exact) mass is 272 g/mol. The van der Waals surface area contributed by atoms with E-state index in [0.29, 0.717) is 22.9 Å². The molecule has 0 bridgehead atoms. The van der Waals surface area contributed by atoms with Crippen LogP contribution in [0.3, 0.4) is 0 Å². The summed E-state index contributed by atoms with van der Waals surface area (Å²) in [5, 5.41) is 9.40. The highest BCUT2D eigenvalue weighted by molar-refractivity contribution is 6.32. The third kappa shape index (κ3) is 4.11. The molecular weight excluding hydrogens is 256 g/mol. The van der Waals surface area contributed by atoms with Gasteiger partial charge in [-0.1, -0.05) is 24.9 Å².